The molecular weight excluding hydrogens is 569 g/mol. The predicted octanol–water partition coefficient (Wildman–Crippen LogP) is 9.94. The van der Waals surface area contributed by atoms with Crippen LogP contribution in [0.3, 0.4) is 0 Å². The Morgan fingerprint density at radius 3 is 2.18 bits per heavy atom. The van der Waals surface area contributed by atoms with Crippen LogP contribution in [0.1, 0.15) is 59.6 Å². The van der Waals surface area contributed by atoms with Crippen molar-refractivity contribution in [2.24, 2.45) is 0 Å². The van der Waals surface area contributed by atoms with Crippen LogP contribution >= 0.6 is 0 Å². The first kappa shape index (κ1) is 38.0. The maximum atomic E-state index is 14.9. The number of hydrogen-bond donors (Lipinski definition) is 1. The lowest BCUT2D eigenvalue weighted by molar-refractivity contribution is -0.106. The fourth-order valence-corrected chi connectivity index (χ4v) is 3.62. The van der Waals surface area contributed by atoms with Gasteiger partial charge >= 0.3 is 6.03 Å². The maximum absolute atomic E-state index is 14.9. The van der Waals surface area contributed by atoms with Gasteiger partial charge in [0, 0.05) is 29.8 Å². The third-order valence-corrected chi connectivity index (χ3v) is 5.72. The molecule has 4 aromatic rings. The molecule has 0 aliphatic carbocycles. The molecule has 1 heterocycles. The number of nitrogens with one attached hydrogen (secondary N) is 1. The Hall–Kier alpha value is -4.98. The third-order valence-electron chi connectivity index (χ3n) is 5.72. The van der Waals surface area contributed by atoms with Crippen molar-refractivity contribution in [2.75, 3.05) is 4.90 Å². The SMILES string of the molecule is C/C=C\C.C=CC.CC.Cc1cc2c(Oc3ccc(N(C=O)C(=O)NC(C)C)cc3F)ccnc2cc1OCc1ccccc1. The number of carbonyl (C=O) groups excluding carboxylic acids is 2. The number of amides is 3. The van der Waals surface area contributed by atoms with Crippen LogP contribution < -0.4 is 19.7 Å². The van der Waals surface area contributed by atoms with Crippen LogP contribution in [0.25, 0.3) is 10.9 Å². The van der Waals surface area contributed by atoms with Gasteiger partial charge in [0.25, 0.3) is 0 Å². The lowest BCUT2D eigenvalue weighted by atomic mass is 10.1. The lowest BCUT2D eigenvalue weighted by Crippen LogP contribution is -2.42. The summed E-state index contributed by atoms with van der Waals surface area (Å²) < 4.78 is 26.8. The number of hydrogen-bond acceptors (Lipinski definition) is 5. The number of fused-ring (bicyclic) bond motifs is 1. The predicted molar refractivity (Wildman–Crippen MR) is 184 cm³/mol. The maximum Gasteiger partial charge on any atom is 0.328 e. The average Bonchev–Trinajstić information content (AvgIpc) is 3.03. The number of benzene rings is 3. The van der Waals surface area contributed by atoms with Gasteiger partial charge in [-0.3, -0.25) is 9.78 Å². The van der Waals surface area contributed by atoms with E-state index < -0.39 is 11.8 Å². The zero-order valence-electron chi connectivity index (χ0n) is 27.6. The minimum absolute atomic E-state index is 0.0524. The zero-order valence-corrected chi connectivity index (χ0v) is 27.6. The number of anilines is 1. The van der Waals surface area contributed by atoms with Crippen LogP contribution in [-0.4, -0.2) is 23.5 Å². The molecule has 0 saturated carbocycles. The summed E-state index contributed by atoms with van der Waals surface area (Å²) in [5.41, 5.74) is 2.65. The molecule has 8 heteroatoms. The van der Waals surface area contributed by atoms with E-state index >= 15 is 0 Å². The minimum Gasteiger partial charge on any atom is -0.489 e. The summed E-state index contributed by atoms with van der Waals surface area (Å²) in [6.07, 6.45) is 7.66. The van der Waals surface area contributed by atoms with Gasteiger partial charge in [0.05, 0.1) is 11.2 Å². The van der Waals surface area contributed by atoms with Gasteiger partial charge in [0.1, 0.15) is 18.1 Å². The van der Waals surface area contributed by atoms with Gasteiger partial charge in [-0.25, -0.2) is 14.1 Å². The summed E-state index contributed by atoms with van der Waals surface area (Å²) in [6, 6.07) is 18.3. The van der Waals surface area contributed by atoms with Crippen LogP contribution in [0.15, 0.2) is 97.7 Å². The van der Waals surface area contributed by atoms with Crippen molar-refractivity contribution in [3.05, 3.63) is 115 Å². The Balaban J connectivity index is 0.00000101. The van der Waals surface area contributed by atoms with Crippen molar-refractivity contribution >= 4 is 29.0 Å². The number of carbonyl (C=O) groups is 2. The molecule has 0 aliphatic heterocycles. The Bertz CT molecular complexity index is 1520. The average molecular weight is 616 g/mol. The fourth-order valence-electron chi connectivity index (χ4n) is 3.62. The molecule has 0 atom stereocenters. The lowest BCUT2D eigenvalue weighted by Gasteiger charge is -2.19. The van der Waals surface area contributed by atoms with Crippen molar-refractivity contribution in [1.82, 2.24) is 10.3 Å². The van der Waals surface area contributed by atoms with Crippen LogP contribution in [-0.2, 0) is 11.4 Å². The largest absolute Gasteiger partial charge is 0.489 e. The number of allylic oxidation sites excluding steroid dienone is 3. The van der Waals surface area contributed by atoms with E-state index in [2.05, 4.69) is 16.9 Å². The molecule has 0 fully saturated rings. The number of rotatable bonds is 8. The molecule has 3 amide bonds. The summed E-state index contributed by atoms with van der Waals surface area (Å²) in [6.45, 7) is 19.1. The molecule has 0 saturated heterocycles. The highest BCUT2D eigenvalue weighted by atomic mass is 19.1. The first-order chi connectivity index (χ1) is 21.7. The number of pyridine rings is 1. The standard InChI is InChI=1S/C28H26FN3O4.C4H8.C3H6.C2H6/c1-18(2)31-28(34)32(17-33)21-9-10-26(23(29)14-21)36-25-11-12-30-24-15-27(19(3)13-22(24)25)35-16-20-7-5-4-6-8-20;1-3-4-2;1-3-2;1-2/h4-15,17-18H,16H2,1-3H3,(H,31,34);3-4H,1-2H3;3H,1H2,2H3;1-2H3/b;4-3-;;. The zero-order chi connectivity index (χ0) is 33.8. The molecule has 0 radical (unpaired) electrons. The Morgan fingerprint density at radius 2 is 1.62 bits per heavy atom. The molecule has 7 nitrogen and oxygen atoms in total. The molecule has 240 valence electrons. The highest BCUT2D eigenvalue weighted by Crippen LogP contribution is 2.35. The van der Waals surface area contributed by atoms with E-state index in [1.807, 2.05) is 96.2 Å². The van der Waals surface area contributed by atoms with Crippen LogP contribution in [0.5, 0.6) is 17.2 Å². The van der Waals surface area contributed by atoms with E-state index in [0.717, 1.165) is 22.1 Å². The van der Waals surface area contributed by atoms with Crippen LogP contribution in [0, 0.1) is 12.7 Å². The van der Waals surface area contributed by atoms with Crippen LogP contribution in [0.2, 0.25) is 0 Å². The van der Waals surface area contributed by atoms with E-state index in [1.54, 1.807) is 32.2 Å². The van der Waals surface area contributed by atoms with Gasteiger partial charge < -0.3 is 14.8 Å². The quantitative estimate of drug-likeness (QED) is 0.158. The summed E-state index contributed by atoms with van der Waals surface area (Å²) >= 11 is 0. The van der Waals surface area contributed by atoms with Crippen molar-refractivity contribution in [2.45, 2.75) is 68.0 Å². The molecule has 0 unspecified atom stereocenters. The highest BCUT2D eigenvalue weighted by Gasteiger charge is 2.18. The van der Waals surface area contributed by atoms with Gasteiger partial charge in [-0.05, 0) is 76.9 Å². The van der Waals surface area contributed by atoms with E-state index in [1.165, 1.54) is 12.1 Å². The molecule has 1 aromatic heterocycles. The van der Waals surface area contributed by atoms with E-state index in [0.29, 0.717) is 35.4 Å². The van der Waals surface area contributed by atoms with Crippen molar-refractivity contribution in [3.63, 3.8) is 0 Å². The van der Waals surface area contributed by atoms with Crippen molar-refractivity contribution in [1.29, 1.82) is 0 Å². The second-order valence-electron chi connectivity index (χ2n) is 9.59. The molecular formula is C37H46FN3O4. The molecule has 3 aromatic carbocycles. The van der Waals surface area contributed by atoms with Crippen molar-refractivity contribution in [3.8, 4) is 17.2 Å². The third kappa shape index (κ3) is 12.3. The summed E-state index contributed by atoms with van der Waals surface area (Å²) in [4.78, 5) is 28.9. The Morgan fingerprint density at radius 1 is 0.978 bits per heavy atom. The number of urea groups is 1. The first-order valence-electron chi connectivity index (χ1n) is 14.9. The topological polar surface area (TPSA) is 80.8 Å². The van der Waals surface area contributed by atoms with Gasteiger partial charge in [0.2, 0.25) is 6.41 Å². The van der Waals surface area contributed by atoms with Gasteiger partial charge in [0.15, 0.2) is 11.6 Å². The van der Waals surface area contributed by atoms with Gasteiger partial charge in [-0.15, -0.1) is 6.58 Å². The number of aryl methyl sites for hydroxylation is 1. The van der Waals surface area contributed by atoms with E-state index in [-0.39, 0.29) is 17.5 Å². The molecule has 0 bridgehead atoms. The number of imide groups is 1. The molecule has 1 N–H and O–H groups in total. The second kappa shape index (κ2) is 20.8. The summed E-state index contributed by atoms with van der Waals surface area (Å²) in [5, 5.41) is 3.29. The fraction of sp³-hybridized carbons (Fsp3) is 0.270. The molecule has 4 rings (SSSR count). The van der Waals surface area contributed by atoms with E-state index in [4.69, 9.17) is 9.47 Å². The van der Waals surface area contributed by atoms with Gasteiger partial charge in [-0.2, -0.15) is 0 Å². The number of nitrogens with zero attached hydrogens (tertiary/aromatic N) is 2. The highest BCUT2D eigenvalue weighted by molar-refractivity contribution is 6.06. The normalized spacial score (nSPS) is 9.91. The first-order valence-corrected chi connectivity index (χ1v) is 14.9. The monoisotopic (exact) mass is 615 g/mol. The Labute approximate surface area is 267 Å². The number of ether oxygens (including phenoxy) is 2. The second-order valence-corrected chi connectivity index (χ2v) is 9.59. The van der Waals surface area contributed by atoms with E-state index in [9.17, 15) is 14.0 Å². The summed E-state index contributed by atoms with van der Waals surface area (Å²) in [7, 11) is 0. The molecule has 0 spiro atoms. The van der Waals surface area contributed by atoms with Crippen LogP contribution in [0.4, 0.5) is 14.9 Å². The molecule has 45 heavy (non-hydrogen) atoms. The summed E-state index contributed by atoms with van der Waals surface area (Å²) in [5.74, 6) is 0.332. The minimum atomic E-state index is -0.721. The van der Waals surface area contributed by atoms with Crippen molar-refractivity contribution < 1.29 is 23.5 Å². The smallest absolute Gasteiger partial charge is 0.328 e. The number of aromatic nitrogens is 1. The molecule has 0 aliphatic rings. The number of halogens is 1. The Kier molecular flexibility index (Phi) is 17.6. The van der Waals surface area contributed by atoms with Gasteiger partial charge in [-0.1, -0.05) is 62.4 Å².